The van der Waals surface area contributed by atoms with E-state index in [-0.39, 0.29) is 5.82 Å². The highest BCUT2D eigenvalue weighted by Gasteiger charge is 2.09. The van der Waals surface area contributed by atoms with Gasteiger partial charge in [0.1, 0.15) is 5.82 Å². The molecule has 3 nitrogen and oxygen atoms in total. The van der Waals surface area contributed by atoms with Crippen LogP contribution in [0.1, 0.15) is 17.0 Å². The van der Waals surface area contributed by atoms with Gasteiger partial charge in [-0.2, -0.15) is 5.10 Å². The first-order chi connectivity index (χ1) is 7.97. The molecule has 90 valence electrons. The summed E-state index contributed by atoms with van der Waals surface area (Å²) in [5.41, 5.74) is 9.10. The molecular weight excluding hydrogens is 285 g/mol. The van der Waals surface area contributed by atoms with Gasteiger partial charge in [0.25, 0.3) is 0 Å². The molecule has 0 amide bonds. The lowest BCUT2D eigenvalue weighted by Gasteiger charge is -2.05. The molecule has 1 aromatic heterocycles. The third-order valence-corrected chi connectivity index (χ3v) is 3.15. The van der Waals surface area contributed by atoms with Gasteiger partial charge in [0.2, 0.25) is 0 Å². The zero-order valence-corrected chi connectivity index (χ0v) is 11.3. The minimum absolute atomic E-state index is 0.260. The number of hydrogen-bond donors (Lipinski definition) is 1. The van der Waals surface area contributed by atoms with Gasteiger partial charge in [0, 0.05) is 4.47 Å². The van der Waals surface area contributed by atoms with Gasteiger partial charge >= 0.3 is 0 Å². The van der Waals surface area contributed by atoms with Crippen LogP contribution in [0.25, 0.3) is 0 Å². The first-order valence-electron chi connectivity index (χ1n) is 5.22. The van der Waals surface area contributed by atoms with E-state index in [9.17, 15) is 4.39 Å². The summed E-state index contributed by atoms with van der Waals surface area (Å²) >= 11 is 3.27. The van der Waals surface area contributed by atoms with Crippen LogP contribution in [0.15, 0.2) is 22.7 Å². The molecule has 2 N–H and O–H groups in total. The third kappa shape index (κ3) is 2.49. The maximum atomic E-state index is 13.2. The number of halogens is 2. The number of rotatable bonds is 2. The van der Waals surface area contributed by atoms with Crippen LogP contribution in [0.2, 0.25) is 0 Å². The number of nitrogens with zero attached hydrogens (tertiary/aromatic N) is 2. The van der Waals surface area contributed by atoms with Gasteiger partial charge in [-0.25, -0.2) is 4.39 Å². The Balaban J connectivity index is 2.34. The number of aromatic nitrogens is 2. The number of nitrogen functional groups attached to an aromatic ring is 1. The zero-order valence-electron chi connectivity index (χ0n) is 9.67. The smallest absolute Gasteiger partial charge is 0.124 e. The molecule has 0 aliphatic carbocycles. The van der Waals surface area contributed by atoms with E-state index in [1.165, 1.54) is 12.1 Å². The first kappa shape index (κ1) is 12.1. The fraction of sp³-hybridized carbons (Fsp3) is 0.250. The van der Waals surface area contributed by atoms with Crippen molar-refractivity contribution >= 4 is 21.6 Å². The number of nitrogens with two attached hydrogens (primary N) is 1. The molecular formula is C12H13BrFN3. The van der Waals surface area contributed by atoms with Gasteiger partial charge in [-0.05, 0) is 37.6 Å². The number of anilines is 1. The van der Waals surface area contributed by atoms with E-state index in [0.29, 0.717) is 12.2 Å². The van der Waals surface area contributed by atoms with Crippen LogP contribution in [0, 0.1) is 19.7 Å². The van der Waals surface area contributed by atoms with E-state index >= 15 is 0 Å². The Labute approximate surface area is 108 Å². The lowest BCUT2D eigenvalue weighted by atomic mass is 10.2. The number of benzene rings is 1. The second-order valence-corrected chi connectivity index (χ2v) is 4.94. The van der Waals surface area contributed by atoms with Crippen molar-refractivity contribution in [3.8, 4) is 0 Å². The number of aryl methyl sites for hydroxylation is 1. The Kier molecular flexibility index (Phi) is 3.19. The van der Waals surface area contributed by atoms with Gasteiger partial charge in [-0.1, -0.05) is 15.9 Å². The van der Waals surface area contributed by atoms with E-state index in [4.69, 9.17) is 5.73 Å². The van der Waals surface area contributed by atoms with Crippen molar-refractivity contribution in [1.82, 2.24) is 9.78 Å². The molecule has 0 saturated carbocycles. The molecule has 0 radical (unpaired) electrons. The highest BCUT2D eigenvalue weighted by Crippen LogP contribution is 2.19. The summed E-state index contributed by atoms with van der Waals surface area (Å²) in [4.78, 5) is 0. The molecule has 0 aliphatic heterocycles. The molecule has 2 rings (SSSR count). The molecule has 0 bridgehead atoms. The van der Waals surface area contributed by atoms with Crippen molar-refractivity contribution in [2.75, 3.05) is 5.73 Å². The van der Waals surface area contributed by atoms with Crippen LogP contribution in [0.4, 0.5) is 10.1 Å². The van der Waals surface area contributed by atoms with Gasteiger partial charge in [-0.3, -0.25) is 4.68 Å². The van der Waals surface area contributed by atoms with E-state index in [1.807, 2.05) is 19.9 Å². The van der Waals surface area contributed by atoms with Crippen LogP contribution in [-0.4, -0.2) is 9.78 Å². The largest absolute Gasteiger partial charge is 0.396 e. The maximum Gasteiger partial charge on any atom is 0.124 e. The fourth-order valence-corrected chi connectivity index (χ4v) is 2.25. The molecule has 1 aromatic carbocycles. The first-order valence-corrected chi connectivity index (χ1v) is 6.01. The Bertz CT molecular complexity index is 543. The predicted octanol–water partition coefficient (Wildman–Crippen LogP) is 3.03. The lowest BCUT2D eigenvalue weighted by Crippen LogP contribution is -2.04. The average Bonchev–Trinajstić information content (AvgIpc) is 2.45. The highest BCUT2D eigenvalue weighted by atomic mass is 79.9. The summed E-state index contributed by atoms with van der Waals surface area (Å²) in [6, 6.07) is 4.80. The fourth-order valence-electron chi connectivity index (χ4n) is 1.74. The topological polar surface area (TPSA) is 43.8 Å². The summed E-state index contributed by atoms with van der Waals surface area (Å²) in [6.07, 6.45) is 0. The quantitative estimate of drug-likeness (QED) is 0.926. The molecule has 0 atom stereocenters. The molecule has 17 heavy (non-hydrogen) atoms. The Morgan fingerprint density at radius 2 is 2.06 bits per heavy atom. The standard InChI is InChI=1S/C12H13BrFN3/c1-7-12(15)8(2)17(16-7)6-9-3-10(13)5-11(14)4-9/h3-5H,6,15H2,1-2H3. The van der Waals surface area contributed by atoms with Gasteiger partial charge in [0.05, 0.1) is 23.6 Å². The summed E-state index contributed by atoms with van der Waals surface area (Å²) in [5.74, 6) is -0.260. The van der Waals surface area contributed by atoms with Crippen LogP contribution in [0.5, 0.6) is 0 Å². The monoisotopic (exact) mass is 297 g/mol. The van der Waals surface area contributed by atoms with Gasteiger partial charge in [-0.15, -0.1) is 0 Å². The minimum Gasteiger partial charge on any atom is -0.396 e. The van der Waals surface area contributed by atoms with Crippen LogP contribution >= 0.6 is 15.9 Å². The molecule has 1 heterocycles. The van der Waals surface area contributed by atoms with Crippen molar-refractivity contribution in [3.63, 3.8) is 0 Å². The second-order valence-electron chi connectivity index (χ2n) is 4.02. The number of hydrogen-bond acceptors (Lipinski definition) is 2. The van der Waals surface area contributed by atoms with Crippen molar-refractivity contribution in [3.05, 3.63) is 45.4 Å². The third-order valence-electron chi connectivity index (χ3n) is 2.69. The van der Waals surface area contributed by atoms with Crippen molar-refractivity contribution in [2.24, 2.45) is 0 Å². The van der Waals surface area contributed by atoms with Crippen LogP contribution in [-0.2, 0) is 6.54 Å². The molecule has 5 heteroatoms. The lowest BCUT2D eigenvalue weighted by molar-refractivity contribution is 0.614. The second kappa shape index (κ2) is 4.49. The Morgan fingerprint density at radius 1 is 1.35 bits per heavy atom. The Morgan fingerprint density at radius 3 is 2.59 bits per heavy atom. The van der Waals surface area contributed by atoms with Gasteiger partial charge in [0.15, 0.2) is 0 Å². The maximum absolute atomic E-state index is 13.2. The van der Waals surface area contributed by atoms with Crippen molar-refractivity contribution in [1.29, 1.82) is 0 Å². The molecule has 0 aliphatic rings. The van der Waals surface area contributed by atoms with Crippen molar-refractivity contribution in [2.45, 2.75) is 20.4 Å². The summed E-state index contributed by atoms with van der Waals surface area (Å²) in [7, 11) is 0. The van der Waals surface area contributed by atoms with E-state index in [2.05, 4.69) is 21.0 Å². The zero-order chi connectivity index (χ0) is 12.6. The normalized spacial score (nSPS) is 10.8. The van der Waals surface area contributed by atoms with E-state index in [0.717, 1.165) is 21.4 Å². The predicted molar refractivity (Wildman–Crippen MR) is 69.3 cm³/mol. The molecule has 0 saturated heterocycles. The minimum atomic E-state index is -0.260. The van der Waals surface area contributed by atoms with E-state index in [1.54, 1.807) is 4.68 Å². The summed E-state index contributed by atoms with van der Waals surface area (Å²) in [6.45, 7) is 4.28. The van der Waals surface area contributed by atoms with Crippen molar-refractivity contribution < 1.29 is 4.39 Å². The highest BCUT2D eigenvalue weighted by molar-refractivity contribution is 9.10. The molecule has 0 spiro atoms. The van der Waals surface area contributed by atoms with Gasteiger partial charge < -0.3 is 5.73 Å². The summed E-state index contributed by atoms with van der Waals surface area (Å²) < 4.78 is 15.7. The SMILES string of the molecule is Cc1nn(Cc2cc(F)cc(Br)c2)c(C)c1N. The molecule has 2 aromatic rings. The molecule has 0 fully saturated rings. The van der Waals surface area contributed by atoms with Crippen LogP contribution in [0.3, 0.4) is 0 Å². The Hall–Kier alpha value is -1.36. The van der Waals surface area contributed by atoms with E-state index < -0.39 is 0 Å². The molecule has 0 unspecified atom stereocenters. The van der Waals surface area contributed by atoms with Crippen LogP contribution < -0.4 is 5.73 Å². The average molecular weight is 298 g/mol. The summed E-state index contributed by atoms with van der Waals surface area (Å²) in [5, 5.41) is 4.32.